The minimum atomic E-state index is -0.328. The van der Waals surface area contributed by atoms with E-state index < -0.39 is 0 Å². The van der Waals surface area contributed by atoms with E-state index in [0.717, 1.165) is 4.47 Å². The minimum Gasteiger partial charge on any atom is -0.368 e. The number of anilines is 1. The van der Waals surface area contributed by atoms with E-state index in [9.17, 15) is 0 Å². The molecule has 0 amide bonds. The van der Waals surface area contributed by atoms with Crippen LogP contribution in [0.1, 0.15) is 6.92 Å². The molecule has 0 fully saturated rings. The first-order valence-corrected chi connectivity index (χ1v) is 5.40. The number of nitrogens with zero attached hydrogens (tertiary/aromatic N) is 1. The Kier molecular flexibility index (Phi) is 4.06. The number of hydrogen-bond acceptors (Lipinski definition) is 2. The maximum absolute atomic E-state index is 8.62. The van der Waals surface area contributed by atoms with Gasteiger partial charge >= 0.3 is 0 Å². The second-order valence-electron chi connectivity index (χ2n) is 2.74. The van der Waals surface area contributed by atoms with Crippen LogP contribution >= 0.6 is 39.1 Å². The molecule has 0 aliphatic carbocycles. The zero-order valence-corrected chi connectivity index (χ0v) is 10.4. The third-order valence-electron chi connectivity index (χ3n) is 1.56. The Morgan fingerprint density at radius 1 is 1.43 bits per heavy atom. The summed E-state index contributed by atoms with van der Waals surface area (Å²) in [6, 6.07) is 5.16. The molecule has 1 aromatic rings. The molecule has 0 heterocycles. The predicted octanol–water partition coefficient (Wildman–Crippen LogP) is 4.08. The number of benzene rings is 1. The van der Waals surface area contributed by atoms with Gasteiger partial charge in [-0.25, -0.2) is 0 Å². The van der Waals surface area contributed by atoms with Crippen molar-refractivity contribution in [2.75, 3.05) is 5.32 Å². The van der Waals surface area contributed by atoms with E-state index in [4.69, 9.17) is 28.5 Å². The lowest BCUT2D eigenvalue weighted by Gasteiger charge is -2.11. The fourth-order valence-corrected chi connectivity index (χ4v) is 2.25. The van der Waals surface area contributed by atoms with Gasteiger partial charge in [0.05, 0.1) is 21.8 Å². The molecule has 2 nitrogen and oxygen atoms in total. The monoisotopic (exact) mass is 292 g/mol. The van der Waals surface area contributed by atoms with Gasteiger partial charge in [0.15, 0.2) is 0 Å². The number of halogens is 3. The van der Waals surface area contributed by atoms with Crippen molar-refractivity contribution in [1.29, 1.82) is 5.26 Å². The van der Waals surface area contributed by atoms with Gasteiger partial charge in [-0.1, -0.05) is 39.1 Å². The summed E-state index contributed by atoms with van der Waals surface area (Å²) in [5, 5.41) is 12.5. The third-order valence-corrected chi connectivity index (χ3v) is 2.62. The maximum Gasteiger partial charge on any atom is 0.111 e. The number of nitriles is 1. The van der Waals surface area contributed by atoms with Gasteiger partial charge in [0, 0.05) is 4.47 Å². The highest BCUT2D eigenvalue weighted by Gasteiger charge is 2.09. The molecule has 0 aromatic heterocycles. The van der Waals surface area contributed by atoms with E-state index in [1.807, 2.05) is 6.07 Å². The summed E-state index contributed by atoms with van der Waals surface area (Å²) in [5.74, 6) is 0. The van der Waals surface area contributed by atoms with Crippen molar-refractivity contribution >= 4 is 44.8 Å². The number of hydrogen-bond donors (Lipinski definition) is 1. The van der Waals surface area contributed by atoms with Gasteiger partial charge in [0.25, 0.3) is 0 Å². The second-order valence-corrected chi connectivity index (χ2v) is 4.47. The van der Waals surface area contributed by atoms with E-state index >= 15 is 0 Å². The van der Waals surface area contributed by atoms with Crippen LogP contribution in [-0.4, -0.2) is 6.04 Å². The van der Waals surface area contributed by atoms with Crippen molar-refractivity contribution in [1.82, 2.24) is 0 Å². The summed E-state index contributed by atoms with van der Waals surface area (Å²) >= 11 is 15.2. The minimum absolute atomic E-state index is 0.328. The Morgan fingerprint density at radius 2 is 1.93 bits per heavy atom. The summed E-state index contributed by atoms with van der Waals surface area (Å²) in [7, 11) is 0. The Hall–Kier alpha value is -0.430. The number of rotatable bonds is 2. The van der Waals surface area contributed by atoms with Crippen LogP contribution in [0.15, 0.2) is 16.6 Å². The molecule has 74 valence electrons. The van der Waals surface area contributed by atoms with Gasteiger partial charge in [0.2, 0.25) is 0 Å². The summed E-state index contributed by atoms with van der Waals surface area (Å²) in [5.41, 5.74) is 0.589. The third kappa shape index (κ3) is 2.78. The Labute approximate surface area is 101 Å². The van der Waals surface area contributed by atoms with Crippen molar-refractivity contribution in [2.24, 2.45) is 0 Å². The van der Waals surface area contributed by atoms with Gasteiger partial charge in [-0.05, 0) is 19.1 Å². The first-order chi connectivity index (χ1) is 6.54. The standard InChI is InChI=1S/C9H7BrCl2N2/c1-5(4-13)14-9-7(11)2-6(10)3-8(9)12/h2-3,5,14H,1H3. The largest absolute Gasteiger partial charge is 0.368 e. The Morgan fingerprint density at radius 3 is 2.36 bits per heavy atom. The van der Waals surface area contributed by atoms with Crippen LogP contribution in [0, 0.1) is 11.3 Å². The Bertz CT molecular complexity index is 364. The normalized spacial score (nSPS) is 11.9. The van der Waals surface area contributed by atoms with E-state index in [1.165, 1.54) is 0 Å². The van der Waals surface area contributed by atoms with Gasteiger partial charge in [0.1, 0.15) is 6.04 Å². The molecule has 0 spiro atoms. The highest BCUT2D eigenvalue weighted by atomic mass is 79.9. The topological polar surface area (TPSA) is 35.8 Å². The van der Waals surface area contributed by atoms with E-state index in [0.29, 0.717) is 15.7 Å². The van der Waals surface area contributed by atoms with Crippen molar-refractivity contribution in [3.8, 4) is 6.07 Å². The molecule has 1 aromatic carbocycles. The van der Waals surface area contributed by atoms with Crippen LogP contribution in [-0.2, 0) is 0 Å². The molecule has 14 heavy (non-hydrogen) atoms. The molecule has 0 bridgehead atoms. The fraction of sp³-hybridized carbons (Fsp3) is 0.222. The molecular weight excluding hydrogens is 287 g/mol. The van der Waals surface area contributed by atoms with Gasteiger partial charge in [-0.3, -0.25) is 0 Å². The summed E-state index contributed by atoms with van der Waals surface area (Å²) in [6.07, 6.45) is 0. The van der Waals surface area contributed by atoms with Crippen LogP contribution in [0.3, 0.4) is 0 Å². The van der Waals surface area contributed by atoms with Gasteiger partial charge < -0.3 is 5.32 Å². The molecule has 0 saturated heterocycles. The molecule has 5 heteroatoms. The predicted molar refractivity (Wildman–Crippen MR) is 62.9 cm³/mol. The molecule has 0 radical (unpaired) electrons. The second kappa shape index (κ2) is 4.88. The first-order valence-electron chi connectivity index (χ1n) is 3.85. The molecule has 0 aliphatic rings. The highest BCUT2D eigenvalue weighted by molar-refractivity contribution is 9.10. The fourth-order valence-electron chi connectivity index (χ4n) is 0.929. The quantitative estimate of drug-likeness (QED) is 0.892. The zero-order valence-electron chi connectivity index (χ0n) is 7.31. The SMILES string of the molecule is CC(C#N)Nc1c(Cl)cc(Br)cc1Cl. The lowest BCUT2D eigenvalue weighted by atomic mass is 10.3. The van der Waals surface area contributed by atoms with Gasteiger partial charge in [-0.2, -0.15) is 5.26 Å². The molecular formula is C9H7BrCl2N2. The van der Waals surface area contributed by atoms with E-state index in [-0.39, 0.29) is 6.04 Å². The number of nitrogens with one attached hydrogen (secondary N) is 1. The van der Waals surface area contributed by atoms with Crippen molar-refractivity contribution < 1.29 is 0 Å². The molecule has 1 rings (SSSR count). The van der Waals surface area contributed by atoms with Crippen molar-refractivity contribution in [3.63, 3.8) is 0 Å². The van der Waals surface area contributed by atoms with E-state index in [1.54, 1.807) is 19.1 Å². The molecule has 0 saturated carbocycles. The van der Waals surface area contributed by atoms with Crippen molar-refractivity contribution in [3.05, 3.63) is 26.7 Å². The summed E-state index contributed by atoms with van der Waals surface area (Å²) in [4.78, 5) is 0. The van der Waals surface area contributed by atoms with E-state index in [2.05, 4.69) is 21.2 Å². The van der Waals surface area contributed by atoms with Crippen LogP contribution in [0.2, 0.25) is 10.0 Å². The van der Waals surface area contributed by atoms with Gasteiger partial charge in [-0.15, -0.1) is 0 Å². The lowest BCUT2D eigenvalue weighted by Crippen LogP contribution is -2.12. The maximum atomic E-state index is 8.62. The smallest absolute Gasteiger partial charge is 0.111 e. The summed E-state index contributed by atoms with van der Waals surface area (Å²) in [6.45, 7) is 1.73. The molecule has 0 aliphatic heterocycles. The van der Waals surface area contributed by atoms with Crippen molar-refractivity contribution in [2.45, 2.75) is 13.0 Å². The zero-order chi connectivity index (χ0) is 10.7. The van der Waals surface area contributed by atoms with Crippen LogP contribution in [0.25, 0.3) is 0 Å². The lowest BCUT2D eigenvalue weighted by molar-refractivity contribution is 1.01. The average Bonchev–Trinajstić information content (AvgIpc) is 2.10. The molecule has 1 unspecified atom stereocenters. The van der Waals surface area contributed by atoms with Crippen LogP contribution < -0.4 is 5.32 Å². The molecule has 1 atom stereocenters. The van der Waals surface area contributed by atoms with Crippen LogP contribution in [0.5, 0.6) is 0 Å². The summed E-state index contributed by atoms with van der Waals surface area (Å²) < 4.78 is 0.808. The Balaban J connectivity index is 3.04. The van der Waals surface area contributed by atoms with Crippen LogP contribution in [0.4, 0.5) is 5.69 Å². The molecule has 1 N–H and O–H groups in total. The average molecular weight is 294 g/mol. The highest BCUT2D eigenvalue weighted by Crippen LogP contribution is 2.34. The first kappa shape index (κ1) is 11.6.